The number of piperidine rings is 1. The molecule has 2 aromatic carbocycles. The highest BCUT2D eigenvalue weighted by molar-refractivity contribution is 6.00. The zero-order valence-electron chi connectivity index (χ0n) is 16.8. The Labute approximate surface area is 180 Å². The number of carbonyl (C=O) groups excluding carboxylic acids is 1. The first-order valence-corrected chi connectivity index (χ1v) is 9.46. The van der Waals surface area contributed by atoms with Gasteiger partial charge in [0, 0.05) is 18.8 Å². The van der Waals surface area contributed by atoms with Crippen LogP contribution in [0.2, 0.25) is 0 Å². The molecule has 154 valence electrons. The number of nitrogens with zero attached hydrogens (tertiary/aromatic N) is 1. The average molecular weight is 424 g/mol. The van der Waals surface area contributed by atoms with E-state index in [0.29, 0.717) is 5.92 Å². The minimum absolute atomic E-state index is 0. The Morgan fingerprint density at radius 1 is 1.07 bits per heavy atom. The molecule has 0 saturated carbocycles. The molecule has 0 bridgehead atoms. The van der Waals surface area contributed by atoms with E-state index in [2.05, 4.69) is 36.6 Å². The van der Waals surface area contributed by atoms with Gasteiger partial charge in [-0.2, -0.15) is 0 Å². The Kier molecular flexibility index (Phi) is 9.80. The molecular weight excluding hydrogens is 393 g/mol. The molecule has 1 aliphatic rings. The molecule has 2 aromatic rings. The van der Waals surface area contributed by atoms with Crippen LogP contribution in [0.1, 0.15) is 34.3 Å². The van der Waals surface area contributed by atoms with Crippen LogP contribution >= 0.6 is 24.8 Å². The second kappa shape index (κ2) is 11.3. The van der Waals surface area contributed by atoms with E-state index in [0.717, 1.165) is 43.0 Å². The van der Waals surface area contributed by atoms with Crippen molar-refractivity contribution in [2.75, 3.05) is 32.0 Å². The molecule has 4 nitrogen and oxygen atoms in total. The Bertz CT molecular complexity index is 780. The van der Waals surface area contributed by atoms with Crippen molar-refractivity contribution in [1.82, 2.24) is 10.2 Å². The number of aryl methyl sites for hydroxylation is 1. The molecule has 3 rings (SSSR count). The number of likely N-dealkylation sites (tertiary alicyclic amines) is 1. The second-order valence-corrected chi connectivity index (χ2v) is 7.24. The molecule has 6 heteroatoms. The zero-order valence-corrected chi connectivity index (χ0v) is 18.5. The molecule has 28 heavy (non-hydrogen) atoms. The van der Waals surface area contributed by atoms with E-state index in [-0.39, 0.29) is 30.7 Å². The van der Waals surface area contributed by atoms with Crippen molar-refractivity contribution in [2.24, 2.45) is 5.92 Å². The van der Waals surface area contributed by atoms with E-state index in [1.165, 1.54) is 17.5 Å². The fraction of sp³-hybridized carbons (Fsp3) is 0.409. The first-order valence-electron chi connectivity index (χ1n) is 9.46. The zero-order chi connectivity index (χ0) is 18.5. The SMILES string of the molecule is CNCC1CCCN(C(=O)c2ccccc2Nc2cccc(C)c2C)C1.Cl.Cl. The van der Waals surface area contributed by atoms with E-state index in [1.807, 2.05) is 42.3 Å². The lowest BCUT2D eigenvalue weighted by Gasteiger charge is -2.33. The van der Waals surface area contributed by atoms with Crippen LogP contribution in [0.25, 0.3) is 0 Å². The van der Waals surface area contributed by atoms with Gasteiger partial charge in [-0.25, -0.2) is 0 Å². The molecule has 1 fully saturated rings. The van der Waals surface area contributed by atoms with Gasteiger partial charge in [-0.1, -0.05) is 24.3 Å². The Morgan fingerprint density at radius 2 is 1.79 bits per heavy atom. The Hall–Kier alpha value is -1.75. The molecular formula is C22H31Cl2N3O. The average Bonchev–Trinajstić information content (AvgIpc) is 2.66. The number of hydrogen-bond acceptors (Lipinski definition) is 3. The predicted molar refractivity (Wildman–Crippen MR) is 123 cm³/mol. The number of hydrogen-bond donors (Lipinski definition) is 2. The van der Waals surface area contributed by atoms with Crippen LogP contribution in [0.3, 0.4) is 0 Å². The second-order valence-electron chi connectivity index (χ2n) is 7.24. The summed E-state index contributed by atoms with van der Waals surface area (Å²) < 4.78 is 0. The fourth-order valence-corrected chi connectivity index (χ4v) is 3.69. The highest BCUT2D eigenvalue weighted by atomic mass is 35.5. The van der Waals surface area contributed by atoms with E-state index in [9.17, 15) is 4.79 Å². The molecule has 0 radical (unpaired) electrons. The number of anilines is 2. The fourth-order valence-electron chi connectivity index (χ4n) is 3.69. The summed E-state index contributed by atoms with van der Waals surface area (Å²) in [4.78, 5) is 15.2. The summed E-state index contributed by atoms with van der Waals surface area (Å²) in [6, 6.07) is 14.0. The lowest BCUT2D eigenvalue weighted by Crippen LogP contribution is -2.42. The Balaban J connectivity index is 0.00000196. The van der Waals surface area contributed by atoms with Gasteiger partial charge in [0.1, 0.15) is 0 Å². The summed E-state index contributed by atoms with van der Waals surface area (Å²) in [7, 11) is 1.98. The number of amides is 1. The van der Waals surface area contributed by atoms with Gasteiger partial charge < -0.3 is 15.5 Å². The van der Waals surface area contributed by atoms with Crippen LogP contribution in [-0.2, 0) is 0 Å². The molecule has 1 aliphatic heterocycles. The van der Waals surface area contributed by atoms with Crippen LogP contribution in [0.15, 0.2) is 42.5 Å². The van der Waals surface area contributed by atoms with E-state index in [4.69, 9.17) is 0 Å². The largest absolute Gasteiger partial charge is 0.355 e. The summed E-state index contributed by atoms with van der Waals surface area (Å²) in [6.45, 7) is 6.85. The summed E-state index contributed by atoms with van der Waals surface area (Å²) in [5.41, 5.74) is 5.13. The van der Waals surface area contributed by atoms with Crippen molar-refractivity contribution in [2.45, 2.75) is 26.7 Å². The summed E-state index contributed by atoms with van der Waals surface area (Å²) in [5.74, 6) is 0.663. The van der Waals surface area contributed by atoms with Gasteiger partial charge in [0.15, 0.2) is 0 Å². The van der Waals surface area contributed by atoms with Crippen LogP contribution in [0.5, 0.6) is 0 Å². The number of para-hydroxylation sites is 1. The number of carbonyl (C=O) groups is 1. The maximum atomic E-state index is 13.2. The highest BCUT2D eigenvalue weighted by Crippen LogP contribution is 2.27. The standard InChI is InChI=1S/C22H29N3O.2ClH/c1-16-8-6-12-20(17(16)2)24-21-11-5-4-10-19(21)22(26)25-13-7-9-18(15-25)14-23-3;;/h4-6,8,10-12,18,23-24H,7,9,13-15H2,1-3H3;2*1H. The highest BCUT2D eigenvalue weighted by Gasteiger charge is 2.25. The molecule has 1 heterocycles. The van der Waals surface area contributed by atoms with Crippen molar-refractivity contribution >= 4 is 42.1 Å². The van der Waals surface area contributed by atoms with Gasteiger partial charge in [0.25, 0.3) is 5.91 Å². The van der Waals surface area contributed by atoms with Gasteiger partial charge in [0.05, 0.1) is 11.3 Å². The van der Waals surface area contributed by atoms with E-state index >= 15 is 0 Å². The van der Waals surface area contributed by atoms with Gasteiger partial charge >= 0.3 is 0 Å². The molecule has 0 aromatic heterocycles. The number of halogens is 2. The van der Waals surface area contributed by atoms with Crippen molar-refractivity contribution < 1.29 is 4.79 Å². The topological polar surface area (TPSA) is 44.4 Å². The summed E-state index contributed by atoms with van der Waals surface area (Å²) >= 11 is 0. The lowest BCUT2D eigenvalue weighted by molar-refractivity contribution is 0.0675. The van der Waals surface area contributed by atoms with Crippen molar-refractivity contribution in [3.63, 3.8) is 0 Å². The molecule has 1 amide bonds. The van der Waals surface area contributed by atoms with E-state index in [1.54, 1.807) is 0 Å². The first-order chi connectivity index (χ1) is 12.6. The van der Waals surface area contributed by atoms with Crippen LogP contribution in [0, 0.1) is 19.8 Å². The first kappa shape index (κ1) is 24.3. The molecule has 0 spiro atoms. The van der Waals surface area contributed by atoms with Crippen LogP contribution in [0.4, 0.5) is 11.4 Å². The summed E-state index contributed by atoms with van der Waals surface area (Å²) in [6.07, 6.45) is 2.26. The monoisotopic (exact) mass is 423 g/mol. The molecule has 1 unspecified atom stereocenters. The van der Waals surface area contributed by atoms with Gasteiger partial charge in [-0.05, 0) is 75.5 Å². The molecule has 1 atom stereocenters. The van der Waals surface area contributed by atoms with E-state index < -0.39 is 0 Å². The maximum absolute atomic E-state index is 13.2. The number of nitrogens with one attached hydrogen (secondary N) is 2. The normalized spacial score (nSPS) is 16.0. The van der Waals surface area contributed by atoms with Crippen LogP contribution < -0.4 is 10.6 Å². The quantitative estimate of drug-likeness (QED) is 0.713. The predicted octanol–water partition coefficient (Wildman–Crippen LogP) is 4.96. The molecule has 2 N–H and O–H groups in total. The van der Waals surface area contributed by atoms with Gasteiger partial charge in [-0.15, -0.1) is 24.8 Å². The third kappa shape index (κ3) is 5.63. The van der Waals surface area contributed by atoms with Gasteiger partial charge in [0.2, 0.25) is 0 Å². The number of rotatable bonds is 5. The third-order valence-electron chi connectivity index (χ3n) is 5.33. The van der Waals surface area contributed by atoms with Gasteiger partial charge in [-0.3, -0.25) is 4.79 Å². The Morgan fingerprint density at radius 3 is 2.54 bits per heavy atom. The molecule has 1 saturated heterocycles. The minimum Gasteiger partial charge on any atom is -0.355 e. The van der Waals surface area contributed by atoms with Crippen molar-refractivity contribution in [3.05, 3.63) is 59.2 Å². The lowest BCUT2D eigenvalue weighted by atomic mass is 9.97. The minimum atomic E-state index is 0. The third-order valence-corrected chi connectivity index (χ3v) is 5.33. The van der Waals surface area contributed by atoms with Crippen molar-refractivity contribution in [3.8, 4) is 0 Å². The molecule has 0 aliphatic carbocycles. The van der Waals surface area contributed by atoms with Crippen LogP contribution in [-0.4, -0.2) is 37.5 Å². The number of benzene rings is 2. The maximum Gasteiger partial charge on any atom is 0.255 e. The van der Waals surface area contributed by atoms with Crippen molar-refractivity contribution in [1.29, 1.82) is 0 Å². The summed E-state index contributed by atoms with van der Waals surface area (Å²) in [5, 5.41) is 6.72. The smallest absolute Gasteiger partial charge is 0.255 e.